The van der Waals surface area contributed by atoms with Gasteiger partial charge in [-0.05, 0) is 61.6 Å². The Hall–Kier alpha value is -3.95. The Balaban J connectivity index is 1.35. The minimum absolute atomic E-state index is 0.0892. The van der Waals surface area contributed by atoms with Gasteiger partial charge in [0.1, 0.15) is 12.4 Å². The van der Waals surface area contributed by atoms with Gasteiger partial charge in [0, 0.05) is 30.8 Å². The number of likely N-dealkylation sites (tertiary alicyclic amines) is 1. The predicted molar refractivity (Wildman–Crippen MR) is 127 cm³/mol. The van der Waals surface area contributed by atoms with Crippen LogP contribution in [0, 0.1) is 5.82 Å². The van der Waals surface area contributed by atoms with Crippen LogP contribution >= 0.6 is 0 Å². The van der Waals surface area contributed by atoms with E-state index in [4.69, 9.17) is 4.74 Å². The molecule has 0 saturated carbocycles. The standard InChI is InChI=1S/C26H27FN4O5/c1-15-3-10-21(16-4-6-18(27)7-5-16)31(15)22(32)14-30-23(33)26(36-25(30)35)12-11-17-13-19(8-9-20(17)26)29-24(34)28-2/h4-9,13,15,21H,3,10-12,14H2,1-2H3,(H2,28,29,34)/t15-,21-,26?/m0/s1. The van der Waals surface area contributed by atoms with Crippen molar-refractivity contribution in [3.05, 3.63) is 65.0 Å². The predicted octanol–water partition coefficient (Wildman–Crippen LogP) is 3.45. The summed E-state index contributed by atoms with van der Waals surface area (Å²) >= 11 is 0. The molecule has 3 aliphatic rings. The number of aryl methyl sites for hydroxylation is 1. The summed E-state index contributed by atoms with van der Waals surface area (Å²) in [5.41, 5.74) is 1.26. The van der Waals surface area contributed by atoms with E-state index < -0.39 is 24.1 Å². The maximum atomic E-state index is 13.5. The number of hydrogen-bond acceptors (Lipinski definition) is 5. The number of benzene rings is 2. The first-order chi connectivity index (χ1) is 17.2. The van der Waals surface area contributed by atoms with Crippen molar-refractivity contribution in [2.75, 3.05) is 18.9 Å². The van der Waals surface area contributed by atoms with Gasteiger partial charge < -0.3 is 20.3 Å². The van der Waals surface area contributed by atoms with E-state index in [-0.39, 0.29) is 36.3 Å². The number of nitrogens with one attached hydrogen (secondary N) is 2. The first-order valence-electron chi connectivity index (χ1n) is 12.0. The quantitative estimate of drug-likeness (QED) is 0.677. The molecule has 1 spiro atoms. The molecule has 0 aromatic heterocycles. The normalized spacial score (nSPS) is 24.8. The number of imide groups is 1. The number of ether oxygens (including phenoxy) is 1. The van der Waals surface area contributed by atoms with Crippen molar-refractivity contribution in [2.24, 2.45) is 0 Å². The third kappa shape index (κ3) is 3.86. The van der Waals surface area contributed by atoms with Gasteiger partial charge in [-0.15, -0.1) is 0 Å². The lowest BCUT2D eigenvalue weighted by atomic mass is 9.94. The fourth-order valence-electron chi connectivity index (χ4n) is 5.56. The zero-order valence-electron chi connectivity index (χ0n) is 20.0. The lowest BCUT2D eigenvalue weighted by Crippen LogP contribution is -2.46. The molecule has 10 heteroatoms. The first-order valence-corrected chi connectivity index (χ1v) is 12.0. The monoisotopic (exact) mass is 494 g/mol. The Morgan fingerprint density at radius 3 is 2.61 bits per heavy atom. The average Bonchev–Trinajstić information content (AvgIpc) is 3.49. The fraction of sp³-hybridized carbons (Fsp3) is 0.385. The molecule has 2 N–H and O–H groups in total. The Bertz CT molecular complexity index is 1250. The molecule has 2 aliphatic heterocycles. The van der Waals surface area contributed by atoms with Crippen LogP contribution in [0.2, 0.25) is 0 Å². The topological polar surface area (TPSA) is 108 Å². The van der Waals surface area contributed by atoms with Crippen LogP contribution < -0.4 is 10.6 Å². The molecule has 0 bridgehead atoms. The number of fused-ring (bicyclic) bond motifs is 2. The van der Waals surface area contributed by atoms with Crippen molar-refractivity contribution >= 4 is 29.6 Å². The van der Waals surface area contributed by atoms with Gasteiger partial charge in [-0.1, -0.05) is 18.2 Å². The highest BCUT2D eigenvalue weighted by molar-refractivity contribution is 6.06. The molecular formula is C26H27FN4O5. The van der Waals surface area contributed by atoms with E-state index in [2.05, 4.69) is 10.6 Å². The Morgan fingerprint density at radius 2 is 1.89 bits per heavy atom. The van der Waals surface area contributed by atoms with Gasteiger partial charge in [0.05, 0.1) is 6.04 Å². The molecule has 2 fully saturated rings. The third-order valence-electron chi connectivity index (χ3n) is 7.35. The summed E-state index contributed by atoms with van der Waals surface area (Å²) in [5.74, 6) is -1.27. The lowest BCUT2D eigenvalue weighted by Gasteiger charge is -2.30. The molecule has 3 atom stereocenters. The first kappa shape index (κ1) is 23.8. The summed E-state index contributed by atoms with van der Waals surface area (Å²) in [7, 11) is 1.51. The minimum atomic E-state index is -1.47. The number of nitrogens with zero attached hydrogens (tertiary/aromatic N) is 2. The SMILES string of the molecule is CNC(=O)Nc1ccc2c(c1)CCC21OC(=O)N(CC(=O)N2[C@@H](C)CC[C@H]2c2ccc(F)cc2)C1=O. The van der Waals surface area contributed by atoms with Crippen molar-refractivity contribution in [2.45, 2.75) is 50.3 Å². The summed E-state index contributed by atoms with van der Waals surface area (Å²) in [5, 5.41) is 5.16. The summed E-state index contributed by atoms with van der Waals surface area (Å²) < 4.78 is 19.1. The van der Waals surface area contributed by atoms with Crippen LogP contribution in [-0.2, 0) is 26.3 Å². The van der Waals surface area contributed by atoms with E-state index in [1.807, 2.05) is 6.92 Å². The highest BCUT2D eigenvalue weighted by atomic mass is 19.1. The van der Waals surface area contributed by atoms with E-state index in [9.17, 15) is 23.6 Å². The van der Waals surface area contributed by atoms with Crippen molar-refractivity contribution in [1.82, 2.24) is 15.1 Å². The summed E-state index contributed by atoms with van der Waals surface area (Å²) in [6.45, 7) is 1.50. The molecule has 2 aromatic rings. The molecule has 1 unspecified atom stereocenters. The van der Waals surface area contributed by atoms with Crippen LogP contribution in [-0.4, -0.2) is 53.4 Å². The second-order valence-corrected chi connectivity index (χ2v) is 9.46. The number of halogens is 1. The smallest absolute Gasteiger partial charge is 0.418 e. The number of carbonyl (C=O) groups excluding carboxylic acids is 4. The molecule has 5 rings (SSSR count). The number of carbonyl (C=O) groups is 4. The van der Waals surface area contributed by atoms with Crippen molar-refractivity contribution in [3.8, 4) is 0 Å². The molecule has 2 heterocycles. The maximum Gasteiger partial charge on any atom is 0.418 e. The molecular weight excluding hydrogens is 467 g/mol. The Kier molecular flexibility index (Phi) is 5.89. The molecule has 9 nitrogen and oxygen atoms in total. The second-order valence-electron chi connectivity index (χ2n) is 9.46. The van der Waals surface area contributed by atoms with E-state index in [0.29, 0.717) is 24.1 Å². The maximum absolute atomic E-state index is 13.5. The Labute approximate surface area is 207 Å². The average molecular weight is 495 g/mol. The summed E-state index contributed by atoms with van der Waals surface area (Å²) in [6.07, 6.45) is 1.37. The summed E-state index contributed by atoms with van der Waals surface area (Å²) in [4.78, 5) is 53.9. The fourth-order valence-corrected chi connectivity index (χ4v) is 5.56. The highest BCUT2D eigenvalue weighted by Gasteiger charge is 2.58. The minimum Gasteiger partial charge on any atom is -0.427 e. The molecule has 0 radical (unpaired) electrons. The molecule has 1 aliphatic carbocycles. The molecule has 2 saturated heterocycles. The number of hydrogen-bond donors (Lipinski definition) is 2. The van der Waals surface area contributed by atoms with Gasteiger partial charge in [0.2, 0.25) is 11.5 Å². The van der Waals surface area contributed by atoms with E-state index in [1.54, 1.807) is 35.2 Å². The molecule has 5 amide bonds. The number of urea groups is 1. The van der Waals surface area contributed by atoms with Crippen molar-refractivity contribution < 1.29 is 28.3 Å². The van der Waals surface area contributed by atoms with Crippen LogP contribution in [0.4, 0.5) is 19.7 Å². The third-order valence-corrected chi connectivity index (χ3v) is 7.35. The zero-order valence-corrected chi connectivity index (χ0v) is 20.0. The molecule has 2 aromatic carbocycles. The van der Waals surface area contributed by atoms with Crippen LogP contribution in [0.5, 0.6) is 0 Å². The summed E-state index contributed by atoms with van der Waals surface area (Å²) in [6, 6.07) is 10.4. The van der Waals surface area contributed by atoms with Crippen LogP contribution in [0.3, 0.4) is 0 Å². The highest BCUT2D eigenvalue weighted by Crippen LogP contribution is 2.46. The van der Waals surface area contributed by atoms with E-state index in [0.717, 1.165) is 22.4 Å². The number of rotatable bonds is 4. The van der Waals surface area contributed by atoms with Gasteiger partial charge in [-0.3, -0.25) is 9.59 Å². The van der Waals surface area contributed by atoms with Crippen LogP contribution in [0.1, 0.15) is 48.9 Å². The lowest BCUT2D eigenvalue weighted by molar-refractivity contribution is -0.143. The molecule has 36 heavy (non-hydrogen) atoms. The van der Waals surface area contributed by atoms with Gasteiger partial charge >= 0.3 is 12.1 Å². The number of amides is 5. The zero-order chi connectivity index (χ0) is 25.6. The van der Waals surface area contributed by atoms with Crippen LogP contribution in [0.25, 0.3) is 0 Å². The van der Waals surface area contributed by atoms with E-state index in [1.165, 1.54) is 19.2 Å². The van der Waals surface area contributed by atoms with Crippen LogP contribution in [0.15, 0.2) is 42.5 Å². The second kappa shape index (κ2) is 8.92. The van der Waals surface area contributed by atoms with E-state index >= 15 is 0 Å². The largest absolute Gasteiger partial charge is 0.427 e. The van der Waals surface area contributed by atoms with Crippen molar-refractivity contribution in [3.63, 3.8) is 0 Å². The van der Waals surface area contributed by atoms with Crippen molar-refractivity contribution in [1.29, 1.82) is 0 Å². The Morgan fingerprint density at radius 1 is 1.14 bits per heavy atom. The van der Waals surface area contributed by atoms with Gasteiger partial charge in [-0.2, -0.15) is 0 Å². The molecule has 188 valence electrons. The van der Waals surface area contributed by atoms with Gasteiger partial charge in [0.25, 0.3) is 5.91 Å². The number of anilines is 1. The van der Waals surface area contributed by atoms with Gasteiger partial charge in [-0.25, -0.2) is 18.9 Å². The van der Waals surface area contributed by atoms with Gasteiger partial charge in [0.15, 0.2) is 0 Å².